The van der Waals surface area contributed by atoms with Crippen LogP contribution in [0, 0.1) is 0 Å². The zero-order valence-electron chi connectivity index (χ0n) is 11.7. The first-order chi connectivity index (χ1) is 10.8. The van der Waals surface area contributed by atoms with Gasteiger partial charge in [0.25, 0.3) is 0 Å². The molecule has 0 atom stereocenters. The SMILES string of the molecule is O=C(/C=C/c1ccco1)NCc1ccnc(-c2ccsc2)c1. The second-order valence-electron chi connectivity index (χ2n) is 4.63. The zero-order chi connectivity index (χ0) is 15.2. The Bertz CT molecular complexity index is 762. The molecule has 0 saturated carbocycles. The monoisotopic (exact) mass is 310 g/mol. The van der Waals surface area contributed by atoms with Crippen molar-refractivity contribution in [2.75, 3.05) is 0 Å². The van der Waals surface area contributed by atoms with E-state index in [0.29, 0.717) is 12.3 Å². The molecular weight excluding hydrogens is 296 g/mol. The minimum atomic E-state index is -0.162. The lowest BCUT2D eigenvalue weighted by Gasteiger charge is -2.04. The summed E-state index contributed by atoms with van der Waals surface area (Å²) in [6, 6.07) is 9.48. The van der Waals surface area contributed by atoms with Gasteiger partial charge < -0.3 is 9.73 Å². The van der Waals surface area contributed by atoms with E-state index in [2.05, 4.69) is 15.7 Å². The summed E-state index contributed by atoms with van der Waals surface area (Å²) >= 11 is 1.64. The molecule has 3 aromatic rings. The molecule has 0 fully saturated rings. The minimum Gasteiger partial charge on any atom is -0.465 e. The Morgan fingerprint density at radius 1 is 1.36 bits per heavy atom. The fourth-order valence-electron chi connectivity index (χ4n) is 1.94. The van der Waals surface area contributed by atoms with Crippen molar-refractivity contribution in [2.45, 2.75) is 6.54 Å². The third-order valence-corrected chi connectivity index (χ3v) is 3.73. The zero-order valence-corrected chi connectivity index (χ0v) is 12.5. The largest absolute Gasteiger partial charge is 0.465 e. The topological polar surface area (TPSA) is 55.1 Å². The molecule has 0 radical (unpaired) electrons. The molecule has 0 spiro atoms. The number of amides is 1. The summed E-state index contributed by atoms with van der Waals surface area (Å²) in [6.07, 6.45) is 6.42. The molecule has 0 aliphatic carbocycles. The van der Waals surface area contributed by atoms with E-state index in [0.717, 1.165) is 16.8 Å². The standard InChI is InChI=1S/C17H14N2O2S/c20-17(4-3-15-2-1-8-21-15)19-11-13-5-7-18-16(10-13)14-6-9-22-12-14/h1-10,12H,11H2,(H,19,20)/b4-3+. The molecule has 1 amide bonds. The summed E-state index contributed by atoms with van der Waals surface area (Å²) in [5, 5.41) is 6.91. The Kier molecular flexibility index (Phi) is 4.46. The minimum absolute atomic E-state index is 0.162. The van der Waals surface area contributed by atoms with Gasteiger partial charge in [-0.25, -0.2) is 0 Å². The third kappa shape index (κ3) is 3.71. The van der Waals surface area contributed by atoms with E-state index in [1.54, 1.807) is 42.0 Å². The van der Waals surface area contributed by atoms with Crippen LogP contribution < -0.4 is 5.32 Å². The molecule has 1 N–H and O–H groups in total. The van der Waals surface area contributed by atoms with Gasteiger partial charge in [-0.15, -0.1) is 0 Å². The Morgan fingerprint density at radius 3 is 3.09 bits per heavy atom. The van der Waals surface area contributed by atoms with Crippen LogP contribution in [0.1, 0.15) is 11.3 Å². The second kappa shape index (κ2) is 6.87. The van der Waals surface area contributed by atoms with Gasteiger partial charge in [-0.2, -0.15) is 11.3 Å². The normalized spacial score (nSPS) is 10.9. The number of hydrogen-bond acceptors (Lipinski definition) is 4. The number of nitrogens with zero attached hydrogens (tertiary/aromatic N) is 1. The van der Waals surface area contributed by atoms with E-state index in [1.807, 2.05) is 23.6 Å². The average molecular weight is 310 g/mol. The van der Waals surface area contributed by atoms with Gasteiger partial charge >= 0.3 is 0 Å². The van der Waals surface area contributed by atoms with Crippen molar-refractivity contribution in [3.63, 3.8) is 0 Å². The maximum Gasteiger partial charge on any atom is 0.244 e. The van der Waals surface area contributed by atoms with Gasteiger partial charge in [0, 0.05) is 29.8 Å². The molecule has 4 nitrogen and oxygen atoms in total. The van der Waals surface area contributed by atoms with Crippen molar-refractivity contribution >= 4 is 23.3 Å². The van der Waals surface area contributed by atoms with Crippen LogP contribution in [0.5, 0.6) is 0 Å². The van der Waals surface area contributed by atoms with Crippen LogP contribution >= 0.6 is 11.3 Å². The molecule has 0 bridgehead atoms. The van der Waals surface area contributed by atoms with Crippen LogP contribution in [0.3, 0.4) is 0 Å². The molecule has 0 aromatic carbocycles. The van der Waals surface area contributed by atoms with E-state index in [9.17, 15) is 4.79 Å². The van der Waals surface area contributed by atoms with E-state index in [4.69, 9.17) is 4.42 Å². The lowest BCUT2D eigenvalue weighted by molar-refractivity contribution is -0.116. The molecule has 0 unspecified atom stereocenters. The van der Waals surface area contributed by atoms with Gasteiger partial charge in [-0.05, 0) is 47.4 Å². The molecule has 0 saturated heterocycles. The smallest absolute Gasteiger partial charge is 0.244 e. The Balaban J connectivity index is 1.59. The predicted molar refractivity (Wildman–Crippen MR) is 87.1 cm³/mol. The van der Waals surface area contributed by atoms with E-state index >= 15 is 0 Å². The number of thiophene rings is 1. The van der Waals surface area contributed by atoms with Crippen LogP contribution in [-0.4, -0.2) is 10.9 Å². The highest BCUT2D eigenvalue weighted by molar-refractivity contribution is 7.08. The average Bonchev–Trinajstić information content (AvgIpc) is 3.24. The van der Waals surface area contributed by atoms with Crippen molar-refractivity contribution in [3.8, 4) is 11.3 Å². The summed E-state index contributed by atoms with van der Waals surface area (Å²) in [7, 11) is 0. The maximum atomic E-state index is 11.8. The highest BCUT2D eigenvalue weighted by Crippen LogP contribution is 2.20. The Hall–Kier alpha value is -2.66. The van der Waals surface area contributed by atoms with Crippen molar-refractivity contribution in [2.24, 2.45) is 0 Å². The fraction of sp³-hybridized carbons (Fsp3) is 0.0588. The summed E-state index contributed by atoms with van der Waals surface area (Å²) in [5.74, 6) is 0.490. The first-order valence-corrected chi connectivity index (χ1v) is 7.72. The quantitative estimate of drug-likeness (QED) is 0.731. The van der Waals surface area contributed by atoms with Gasteiger partial charge in [0.15, 0.2) is 0 Å². The van der Waals surface area contributed by atoms with Crippen molar-refractivity contribution in [3.05, 3.63) is 71.0 Å². The maximum absolute atomic E-state index is 11.8. The van der Waals surface area contributed by atoms with Gasteiger partial charge in [-0.1, -0.05) is 0 Å². The highest BCUT2D eigenvalue weighted by Gasteiger charge is 2.02. The Labute approximate surface area is 132 Å². The second-order valence-corrected chi connectivity index (χ2v) is 5.41. The van der Waals surface area contributed by atoms with Crippen LogP contribution in [0.2, 0.25) is 0 Å². The third-order valence-electron chi connectivity index (χ3n) is 3.05. The molecule has 5 heteroatoms. The number of carbonyl (C=O) groups excluding carboxylic acids is 1. The first-order valence-electron chi connectivity index (χ1n) is 6.78. The first kappa shape index (κ1) is 14.3. The molecule has 110 valence electrons. The molecule has 3 aromatic heterocycles. The molecule has 0 aliphatic rings. The van der Waals surface area contributed by atoms with E-state index in [-0.39, 0.29) is 5.91 Å². The van der Waals surface area contributed by atoms with Crippen molar-refractivity contribution < 1.29 is 9.21 Å². The predicted octanol–water partition coefficient (Wildman–Crippen LogP) is 3.73. The number of rotatable bonds is 5. The van der Waals surface area contributed by atoms with Gasteiger partial charge in [0.05, 0.1) is 12.0 Å². The molecule has 0 aliphatic heterocycles. The molecule has 22 heavy (non-hydrogen) atoms. The van der Waals surface area contributed by atoms with Crippen LogP contribution in [0.25, 0.3) is 17.3 Å². The number of hydrogen-bond donors (Lipinski definition) is 1. The molecule has 3 rings (SSSR count). The lowest BCUT2D eigenvalue weighted by atomic mass is 10.1. The summed E-state index contributed by atoms with van der Waals surface area (Å²) in [6.45, 7) is 0.459. The van der Waals surface area contributed by atoms with Crippen molar-refractivity contribution in [1.82, 2.24) is 10.3 Å². The van der Waals surface area contributed by atoms with E-state index < -0.39 is 0 Å². The molecule has 3 heterocycles. The van der Waals surface area contributed by atoms with Crippen LogP contribution in [0.15, 0.2) is 64.0 Å². The highest BCUT2D eigenvalue weighted by atomic mass is 32.1. The number of furan rings is 1. The fourth-order valence-corrected chi connectivity index (χ4v) is 2.59. The number of pyridine rings is 1. The van der Waals surface area contributed by atoms with E-state index in [1.165, 1.54) is 6.08 Å². The Morgan fingerprint density at radius 2 is 2.32 bits per heavy atom. The van der Waals surface area contributed by atoms with Gasteiger partial charge in [0.2, 0.25) is 5.91 Å². The summed E-state index contributed by atoms with van der Waals surface area (Å²) in [4.78, 5) is 16.1. The van der Waals surface area contributed by atoms with Gasteiger partial charge in [0.1, 0.15) is 5.76 Å². The number of carbonyl (C=O) groups is 1. The number of aromatic nitrogens is 1. The summed E-state index contributed by atoms with van der Waals surface area (Å²) < 4.78 is 5.13. The molecular formula is C17H14N2O2S. The van der Waals surface area contributed by atoms with Gasteiger partial charge in [-0.3, -0.25) is 9.78 Å². The summed E-state index contributed by atoms with van der Waals surface area (Å²) in [5.41, 5.74) is 3.02. The van der Waals surface area contributed by atoms with Crippen LogP contribution in [0.4, 0.5) is 0 Å². The lowest BCUT2D eigenvalue weighted by Crippen LogP contribution is -2.20. The van der Waals surface area contributed by atoms with Crippen LogP contribution in [-0.2, 0) is 11.3 Å². The van der Waals surface area contributed by atoms with Crippen molar-refractivity contribution in [1.29, 1.82) is 0 Å². The number of nitrogens with one attached hydrogen (secondary N) is 1.